The highest BCUT2D eigenvalue weighted by Crippen LogP contribution is 2.42. The number of hydrogen-bond donors (Lipinski definition) is 0. The monoisotopic (exact) mass is 378 g/mol. The van der Waals surface area contributed by atoms with Crippen LogP contribution in [-0.2, 0) is 14.3 Å². The second-order valence-corrected chi connectivity index (χ2v) is 6.82. The van der Waals surface area contributed by atoms with E-state index in [1.165, 1.54) is 12.1 Å². The molecule has 28 heavy (non-hydrogen) atoms. The molecule has 0 saturated carbocycles. The molecule has 142 valence electrons. The molecule has 0 aliphatic carbocycles. The van der Waals surface area contributed by atoms with Crippen molar-refractivity contribution in [2.24, 2.45) is 0 Å². The summed E-state index contributed by atoms with van der Waals surface area (Å²) in [6.45, 7) is 0.383. The molecule has 0 bridgehead atoms. The molecule has 7 heteroatoms. The maximum Gasteiger partial charge on any atom is 0.271 e. The average molecular weight is 378 g/mol. The average Bonchev–Trinajstić information content (AvgIpc) is 2.91. The topological polar surface area (TPSA) is 89.7 Å². The normalized spacial score (nSPS) is 23.6. The summed E-state index contributed by atoms with van der Waals surface area (Å²) in [5.74, 6) is -0.857. The largest absolute Gasteiger partial charge is 0.360 e. The summed E-state index contributed by atoms with van der Waals surface area (Å²) in [5, 5.41) is 11.1. The van der Waals surface area contributed by atoms with Crippen LogP contribution in [0.1, 0.15) is 24.8 Å². The number of anilines is 1. The van der Waals surface area contributed by atoms with Gasteiger partial charge in [0, 0.05) is 18.7 Å². The van der Waals surface area contributed by atoms with Crippen LogP contribution in [0.4, 0.5) is 11.4 Å². The second-order valence-electron chi connectivity index (χ2n) is 6.82. The zero-order valence-electron chi connectivity index (χ0n) is 15.0. The second kappa shape index (κ2) is 7.01. The quantitative estimate of drug-likeness (QED) is 0.353. The summed E-state index contributed by atoms with van der Waals surface area (Å²) in [7, 11) is 0. The number of nitro groups is 1. The zero-order chi connectivity index (χ0) is 19.7. The lowest BCUT2D eigenvalue weighted by Crippen LogP contribution is -2.45. The first kappa shape index (κ1) is 18.1. The van der Waals surface area contributed by atoms with Gasteiger partial charge in [-0.15, -0.1) is 0 Å². The Kier molecular flexibility index (Phi) is 4.52. The Morgan fingerprint density at radius 3 is 2.54 bits per heavy atom. The lowest BCUT2D eigenvalue weighted by Gasteiger charge is -2.32. The van der Waals surface area contributed by atoms with Crippen LogP contribution in [0.3, 0.4) is 0 Å². The van der Waals surface area contributed by atoms with Crippen LogP contribution >= 0.6 is 0 Å². The lowest BCUT2D eigenvalue weighted by molar-refractivity contribution is -0.384. The standard InChI is InChI=1S/C21H18N2O5/c24-19-18(14-15-7-6-10-17(13-15)23(26)27)21(11-4-5-12-28-21)20(25)22(19)16-8-2-1-3-9-16/h1-3,6-10,13-14H,4-5,11-12H2. The number of carbonyl (C=O) groups is 2. The zero-order valence-corrected chi connectivity index (χ0v) is 15.0. The smallest absolute Gasteiger partial charge is 0.271 e. The minimum Gasteiger partial charge on any atom is -0.360 e. The van der Waals surface area contributed by atoms with E-state index in [4.69, 9.17) is 4.74 Å². The van der Waals surface area contributed by atoms with Gasteiger partial charge in [-0.05, 0) is 43.0 Å². The van der Waals surface area contributed by atoms with E-state index >= 15 is 0 Å². The van der Waals surface area contributed by atoms with Gasteiger partial charge in [0.1, 0.15) is 0 Å². The Morgan fingerprint density at radius 1 is 1.07 bits per heavy atom. The molecule has 1 spiro atoms. The number of rotatable bonds is 3. The number of carbonyl (C=O) groups excluding carboxylic acids is 2. The summed E-state index contributed by atoms with van der Waals surface area (Å²) >= 11 is 0. The molecule has 2 aliphatic rings. The first-order chi connectivity index (χ1) is 13.5. The summed E-state index contributed by atoms with van der Waals surface area (Å²) in [6.07, 6.45) is 3.52. The molecule has 2 saturated heterocycles. The van der Waals surface area contributed by atoms with Gasteiger partial charge in [0.05, 0.1) is 16.2 Å². The first-order valence-corrected chi connectivity index (χ1v) is 9.07. The van der Waals surface area contributed by atoms with Crippen molar-refractivity contribution in [1.82, 2.24) is 0 Å². The van der Waals surface area contributed by atoms with Crippen molar-refractivity contribution in [3.05, 3.63) is 75.8 Å². The van der Waals surface area contributed by atoms with Crippen molar-refractivity contribution in [2.75, 3.05) is 11.5 Å². The molecular weight excluding hydrogens is 360 g/mol. The molecule has 2 aromatic carbocycles. The van der Waals surface area contributed by atoms with Gasteiger partial charge in [0.2, 0.25) is 0 Å². The van der Waals surface area contributed by atoms with E-state index in [9.17, 15) is 19.7 Å². The van der Waals surface area contributed by atoms with Crippen LogP contribution in [0.15, 0.2) is 60.2 Å². The van der Waals surface area contributed by atoms with E-state index in [-0.39, 0.29) is 11.3 Å². The molecule has 0 radical (unpaired) electrons. The number of non-ortho nitro benzene ring substituents is 1. The molecule has 0 N–H and O–H groups in total. The van der Waals surface area contributed by atoms with Crippen molar-refractivity contribution in [3.63, 3.8) is 0 Å². The predicted molar refractivity (Wildman–Crippen MR) is 103 cm³/mol. The van der Waals surface area contributed by atoms with Gasteiger partial charge in [-0.3, -0.25) is 19.7 Å². The Hall–Kier alpha value is -3.32. The van der Waals surface area contributed by atoms with E-state index in [1.54, 1.807) is 48.5 Å². The van der Waals surface area contributed by atoms with Gasteiger partial charge in [-0.1, -0.05) is 30.3 Å². The Labute approximate surface area is 161 Å². The molecule has 1 atom stereocenters. The van der Waals surface area contributed by atoms with E-state index < -0.39 is 22.3 Å². The Bertz CT molecular complexity index is 977. The molecule has 2 aromatic rings. The van der Waals surface area contributed by atoms with Gasteiger partial charge in [-0.2, -0.15) is 0 Å². The molecule has 7 nitrogen and oxygen atoms in total. The fourth-order valence-corrected chi connectivity index (χ4v) is 3.74. The van der Waals surface area contributed by atoms with E-state index in [0.717, 1.165) is 17.7 Å². The van der Waals surface area contributed by atoms with Crippen molar-refractivity contribution in [3.8, 4) is 0 Å². The lowest BCUT2D eigenvalue weighted by atomic mass is 9.86. The number of imide groups is 1. The van der Waals surface area contributed by atoms with Crippen molar-refractivity contribution < 1.29 is 19.2 Å². The van der Waals surface area contributed by atoms with Gasteiger partial charge in [0.15, 0.2) is 5.60 Å². The van der Waals surface area contributed by atoms with Crippen LogP contribution in [0.2, 0.25) is 0 Å². The van der Waals surface area contributed by atoms with Gasteiger partial charge in [-0.25, -0.2) is 4.90 Å². The number of hydrogen-bond acceptors (Lipinski definition) is 5. The number of benzene rings is 2. The van der Waals surface area contributed by atoms with E-state index in [0.29, 0.717) is 24.3 Å². The summed E-state index contributed by atoms with van der Waals surface area (Å²) in [5.41, 5.74) is -0.232. The molecular formula is C21H18N2O5. The van der Waals surface area contributed by atoms with Gasteiger partial charge >= 0.3 is 0 Å². The number of para-hydroxylation sites is 1. The van der Waals surface area contributed by atoms with E-state index in [1.807, 2.05) is 0 Å². The maximum absolute atomic E-state index is 13.3. The van der Waals surface area contributed by atoms with Crippen molar-refractivity contribution >= 4 is 29.3 Å². The van der Waals surface area contributed by atoms with Gasteiger partial charge in [0.25, 0.3) is 17.5 Å². The highest BCUT2D eigenvalue weighted by atomic mass is 16.6. The molecule has 2 aliphatic heterocycles. The third-order valence-electron chi connectivity index (χ3n) is 5.10. The fraction of sp³-hybridized carbons (Fsp3) is 0.238. The SMILES string of the molecule is O=C1C(=Cc2cccc([N+](=O)[O-])c2)C2(CCCCO2)C(=O)N1c1ccccc1. The minimum absolute atomic E-state index is 0.0790. The molecule has 1 unspecified atom stereocenters. The summed E-state index contributed by atoms with van der Waals surface area (Å²) in [4.78, 5) is 38.3. The van der Waals surface area contributed by atoms with Crippen LogP contribution in [0.25, 0.3) is 6.08 Å². The number of ether oxygens (including phenoxy) is 1. The predicted octanol–water partition coefficient (Wildman–Crippen LogP) is 3.49. The van der Waals surface area contributed by atoms with Crippen molar-refractivity contribution in [2.45, 2.75) is 24.9 Å². The molecule has 2 heterocycles. The van der Waals surface area contributed by atoms with Crippen LogP contribution in [0.5, 0.6) is 0 Å². The van der Waals surface area contributed by atoms with Gasteiger partial charge < -0.3 is 4.74 Å². The van der Waals surface area contributed by atoms with E-state index in [2.05, 4.69) is 0 Å². The Balaban J connectivity index is 1.83. The fourth-order valence-electron chi connectivity index (χ4n) is 3.74. The molecule has 4 rings (SSSR count). The van der Waals surface area contributed by atoms with Crippen LogP contribution < -0.4 is 4.90 Å². The van der Waals surface area contributed by atoms with Crippen molar-refractivity contribution in [1.29, 1.82) is 0 Å². The summed E-state index contributed by atoms with van der Waals surface area (Å²) < 4.78 is 5.91. The third kappa shape index (κ3) is 2.90. The number of amides is 2. The van der Waals surface area contributed by atoms with Crippen LogP contribution in [-0.4, -0.2) is 28.9 Å². The molecule has 2 fully saturated rings. The number of nitrogens with zero attached hydrogens (tertiary/aromatic N) is 2. The van der Waals surface area contributed by atoms with Crippen LogP contribution in [0, 0.1) is 10.1 Å². The Morgan fingerprint density at radius 2 is 1.86 bits per heavy atom. The first-order valence-electron chi connectivity index (χ1n) is 9.07. The third-order valence-corrected chi connectivity index (χ3v) is 5.10. The minimum atomic E-state index is -1.34. The summed E-state index contributed by atoms with van der Waals surface area (Å²) in [6, 6.07) is 14.7. The molecule has 2 amide bonds. The maximum atomic E-state index is 13.3. The highest BCUT2D eigenvalue weighted by molar-refractivity contribution is 6.33. The highest BCUT2D eigenvalue weighted by Gasteiger charge is 2.57. The number of nitro benzene ring substituents is 1. The molecule has 0 aromatic heterocycles.